The number of pyridine rings is 2. The zero-order chi connectivity index (χ0) is 28.9. The fourth-order valence-electron chi connectivity index (χ4n) is 4.71. The lowest BCUT2D eigenvalue weighted by atomic mass is 10.0. The number of nitrogens with one attached hydrogen (secondary N) is 2. The van der Waals surface area contributed by atoms with Crippen molar-refractivity contribution >= 4 is 58.9 Å². The fraction of sp³-hybridized carbons (Fsp3) is 0.200. The summed E-state index contributed by atoms with van der Waals surface area (Å²) in [6.45, 7) is 3.58. The molecule has 1 fully saturated rings. The highest BCUT2D eigenvalue weighted by Crippen LogP contribution is 2.32. The fourth-order valence-corrected chi connectivity index (χ4v) is 5.04. The van der Waals surface area contributed by atoms with Gasteiger partial charge >= 0.3 is 0 Å². The molecular weight excluding hydrogens is 601 g/mol. The normalized spacial score (nSPS) is 12.9. The molecule has 0 spiro atoms. The van der Waals surface area contributed by atoms with Gasteiger partial charge < -0.3 is 25.2 Å². The van der Waals surface area contributed by atoms with E-state index >= 15 is 0 Å². The van der Waals surface area contributed by atoms with Gasteiger partial charge in [0.05, 0.1) is 16.3 Å². The van der Waals surface area contributed by atoms with Crippen LogP contribution in [0.1, 0.15) is 33.6 Å². The second-order valence-corrected chi connectivity index (χ2v) is 10.5. The third-order valence-electron chi connectivity index (χ3n) is 6.87. The van der Waals surface area contributed by atoms with E-state index in [0.29, 0.717) is 22.7 Å². The maximum atomic E-state index is 13.1. The van der Waals surface area contributed by atoms with E-state index in [1.165, 1.54) is 37.2 Å². The minimum absolute atomic E-state index is 0. The SMILES string of the molecule is Cl.O=C(Nc1c(O)cc(Cl)cc1C(=O)Nc1ccc(Cl)cn1)c1ccc(-c2cccn(CCN3CCCC3)c2=O)cc1. The van der Waals surface area contributed by atoms with Gasteiger partial charge in [-0.15, -0.1) is 12.4 Å². The minimum Gasteiger partial charge on any atom is -0.506 e. The molecule has 0 atom stereocenters. The summed E-state index contributed by atoms with van der Waals surface area (Å²) in [4.78, 5) is 45.6. The van der Waals surface area contributed by atoms with E-state index in [1.807, 2.05) is 6.07 Å². The van der Waals surface area contributed by atoms with Gasteiger partial charge in [0.15, 0.2) is 0 Å². The van der Waals surface area contributed by atoms with Crippen molar-refractivity contribution < 1.29 is 14.7 Å². The van der Waals surface area contributed by atoms with Crippen LogP contribution in [0.5, 0.6) is 5.75 Å². The number of aromatic nitrogens is 2. The molecule has 12 heteroatoms. The average Bonchev–Trinajstić information content (AvgIpc) is 3.49. The van der Waals surface area contributed by atoms with E-state index in [-0.39, 0.29) is 51.4 Å². The first-order chi connectivity index (χ1) is 19.8. The average molecular weight is 629 g/mol. The van der Waals surface area contributed by atoms with Crippen LogP contribution < -0.4 is 16.2 Å². The van der Waals surface area contributed by atoms with Crippen LogP contribution in [0, 0.1) is 0 Å². The monoisotopic (exact) mass is 627 g/mol. The van der Waals surface area contributed by atoms with Crippen LogP contribution in [0.15, 0.2) is 77.9 Å². The number of hydrogen-bond acceptors (Lipinski definition) is 6. The van der Waals surface area contributed by atoms with Gasteiger partial charge in [0.25, 0.3) is 17.4 Å². The maximum absolute atomic E-state index is 13.1. The van der Waals surface area contributed by atoms with E-state index in [0.717, 1.165) is 19.6 Å². The highest BCUT2D eigenvalue weighted by molar-refractivity contribution is 6.32. The number of phenols is 1. The molecule has 1 aliphatic rings. The molecule has 0 aliphatic carbocycles. The molecule has 1 saturated heterocycles. The molecule has 0 unspecified atom stereocenters. The molecule has 9 nitrogen and oxygen atoms in total. The van der Waals surface area contributed by atoms with Crippen LogP contribution in [0.2, 0.25) is 10.0 Å². The third kappa shape index (κ3) is 7.30. The number of anilines is 2. The van der Waals surface area contributed by atoms with Gasteiger partial charge in [-0.3, -0.25) is 14.4 Å². The predicted molar refractivity (Wildman–Crippen MR) is 167 cm³/mol. The first kappa shape index (κ1) is 31.1. The van der Waals surface area contributed by atoms with Gasteiger partial charge in [-0.2, -0.15) is 0 Å². The van der Waals surface area contributed by atoms with E-state index in [9.17, 15) is 19.5 Å². The van der Waals surface area contributed by atoms with Crippen molar-refractivity contribution in [2.45, 2.75) is 19.4 Å². The minimum atomic E-state index is -0.645. The number of nitrogens with zero attached hydrogens (tertiary/aromatic N) is 3. The molecule has 3 heterocycles. The summed E-state index contributed by atoms with van der Waals surface area (Å²) in [5, 5.41) is 16.2. The molecule has 0 saturated carbocycles. The Morgan fingerprint density at radius 1 is 0.905 bits per heavy atom. The molecule has 42 heavy (non-hydrogen) atoms. The molecule has 2 amide bonds. The summed E-state index contributed by atoms with van der Waals surface area (Å²) < 4.78 is 1.71. The van der Waals surface area contributed by atoms with Crippen molar-refractivity contribution in [3.05, 3.63) is 105 Å². The summed E-state index contributed by atoms with van der Waals surface area (Å²) in [6.07, 6.45) is 5.56. The standard InChI is InChI=1S/C30H27Cl2N5O4.ClH/c31-21-9-10-26(33-18-21)34-29(40)24-16-22(32)17-25(38)27(24)35-28(39)20-7-5-19(6-8-20)23-4-3-13-37(30(23)41)15-14-36-11-1-2-12-36;/h3-10,13,16-18,38H,1-2,11-12,14-15H2,(H,35,39)(H,33,34,40);1H. The van der Waals surface area contributed by atoms with Gasteiger partial charge in [-0.1, -0.05) is 35.3 Å². The third-order valence-corrected chi connectivity index (χ3v) is 7.31. The first-order valence-electron chi connectivity index (χ1n) is 13.1. The van der Waals surface area contributed by atoms with Crippen molar-refractivity contribution in [2.24, 2.45) is 0 Å². The Labute approximate surface area is 258 Å². The predicted octanol–water partition coefficient (Wildman–Crippen LogP) is 5.94. The van der Waals surface area contributed by atoms with Crippen LogP contribution in [0.25, 0.3) is 11.1 Å². The molecule has 1 aliphatic heterocycles. The van der Waals surface area contributed by atoms with E-state index in [4.69, 9.17) is 23.2 Å². The Kier molecular flexibility index (Phi) is 10.2. The number of likely N-dealkylation sites (tertiary alicyclic amines) is 1. The van der Waals surface area contributed by atoms with Gasteiger partial charge in [-0.25, -0.2) is 4.98 Å². The number of carbonyl (C=O) groups excluding carboxylic acids is 2. The smallest absolute Gasteiger partial charge is 0.259 e. The molecule has 2 aromatic heterocycles. The number of hydrogen-bond donors (Lipinski definition) is 3. The number of phenolic OH excluding ortho intramolecular Hbond substituents is 1. The number of carbonyl (C=O) groups is 2. The van der Waals surface area contributed by atoms with E-state index in [2.05, 4.69) is 20.5 Å². The molecule has 5 rings (SSSR count). The summed E-state index contributed by atoms with van der Waals surface area (Å²) in [7, 11) is 0. The van der Waals surface area contributed by atoms with Crippen molar-refractivity contribution in [2.75, 3.05) is 30.3 Å². The Bertz CT molecular complexity index is 1640. The summed E-state index contributed by atoms with van der Waals surface area (Å²) in [5.41, 5.74) is 1.20. The van der Waals surface area contributed by atoms with Gasteiger partial charge in [0.2, 0.25) is 0 Å². The van der Waals surface area contributed by atoms with E-state index < -0.39 is 11.8 Å². The number of halogens is 3. The number of amides is 2. The Morgan fingerprint density at radius 2 is 1.64 bits per heavy atom. The quantitative estimate of drug-likeness (QED) is 0.208. The molecular formula is C30H28Cl3N5O4. The first-order valence-corrected chi connectivity index (χ1v) is 13.8. The topological polar surface area (TPSA) is 117 Å². The number of rotatable bonds is 8. The summed E-state index contributed by atoms with van der Waals surface area (Å²) >= 11 is 11.9. The van der Waals surface area contributed by atoms with Crippen LogP contribution >= 0.6 is 35.6 Å². The second kappa shape index (κ2) is 13.8. The van der Waals surface area contributed by atoms with E-state index in [1.54, 1.807) is 47.2 Å². The molecule has 3 N–H and O–H groups in total. The largest absolute Gasteiger partial charge is 0.506 e. The van der Waals surface area contributed by atoms with Gasteiger partial charge in [0, 0.05) is 47.7 Å². The number of aromatic hydroxyl groups is 1. The summed E-state index contributed by atoms with van der Waals surface area (Å²) in [6, 6.07) is 15.8. The Hall–Kier alpha value is -3.89. The summed E-state index contributed by atoms with van der Waals surface area (Å²) in [5.74, 6) is -1.37. The lowest BCUT2D eigenvalue weighted by Crippen LogP contribution is -2.29. The van der Waals surface area contributed by atoms with Crippen molar-refractivity contribution in [3.8, 4) is 16.9 Å². The lowest BCUT2D eigenvalue weighted by molar-refractivity contribution is 0.102. The Balaban J connectivity index is 0.00000405. The van der Waals surface area contributed by atoms with Crippen molar-refractivity contribution in [1.82, 2.24) is 14.5 Å². The molecule has 2 aromatic carbocycles. The van der Waals surface area contributed by atoms with Crippen LogP contribution in [0.3, 0.4) is 0 Å². The molecule has 4 aromatic rings. The highest BCUT2D eigenvalue weighted by Gasteiger charge is 2.20. The van der Waals surface area contributed by atoms with Crippen molar-refractivity contribution in [3.63, 3.8) is 0 Å². The van der Waals surface area contributed by atoms with Crippen molar-refractivity contribution in [1.29, 1.82) is 0 Å². The maximum Gasteiger partial charge on any atom is 0.259 e. The highest BCUT2D eigenvalue weighted by atomic mass is 35.5. The van der Waals surface area contributed by atoms with Gasteiger partial charge in [0.1, 0.15) is 11.6 Å². The molecule has 0 bridgehead atoms. The van der Waals surface area contributed by atoms with Gasteiger partial charge in [-0.05, 0) is 74.0 Å². The van der Waals surface area contributed by atoms with Crippen LogP contribution in [-0.2, 0) is 6.54 Å². The van der Waals surface area contributed by atoms with Crippen LogP contribution in [0.4, 0.5) is 11.5 Å². The zero-order valence-corrected chi connectivity index (χ0v) is 24.7. The Morgan fingerprint density at radius 3 is 2.33 bits per heavy atom. The van der Waals surface area contributed by atoms with Crippen LogP contribution in [-0.4, -0.2) is 51.0 Å². The lowest BCUT2D eigenvalue weighted by Gasteiger charge is -2.16. The molecule has 0 radical (unpaired) electrons. The molecule has 218 valence electrons. The second-order valence-electron chi connectivity index (χ2n) is 9.66. The zero-order valence-electron chi connectivity index (χ0n) is 22.3. The number of benzene rings is 2.